The second-order valence-electron chi connectivity index (χ2n) is 9.61. The van der Waals surface area contributed by atoms with E-state index < -0.39 is 0 Å². The summed E-state index contributed by atoms with van der Waals surface area (Å²) in [6, 6.07) is 9.75. The van der Waals surface area contributed by atoms with Crippen LogP contribution in [0.4, 0.5) is 17.5 Å². The number of β-lactam (4-membered cyclic amide) rings is 1. The molecule has 0 aliphatic carbocycles. The van der Waals surface area contributed by atoms with Gasteiger partial charge in [-0.05, 0) is 57.6 Å². The molecule has 0 radical (unpaired) electrons. The van der Waals surface area contributed by atoms with E-state index >= 15 is 0 Å². The highest BCUT2D eigenvalue weighted by Gasteiger charge is 2.33. The number of nitrogens with zero attached hydrogens (tertiary/aromatic N) is 6. The number of hydrogen-bond acceptors (Lipinski definition) is 7. The summed E-state index contributed by atoms with van der Waals surface area (Å²) in [4.78, 5) is 45.0. The van der Waals surface area contributed by atoms with Gasteiger partial charge in [-0.3, -0.25) is 19.4 Å². The third-order valence-corrected chi connectivity index (χ3v) is 6.98. The van der Waals surface area contributed by atoms with Gasteiger partial charge in [-0.1, -0.05) is 6.07 Å². The predicted molar refractivity (Wildman–Crippen MR) is 140 cm³/mol. The van der Waals surface area contributed by atoms with Crippen molar-refractivity contribution in [3.8, 4) is 11.3 Å². The number of pyridine rings is 3. The van der Waals surface area contributed by atoms with Crippen LogP contribution in [0.1, 0.15) is 47.4 Å². The molecule has 1 fully saturated rings. The number of amides is 2. The van der Waals surface area contributed by atoms with Crippen molar-refractivity contribution in [1.82, 2.24) is 20.3 Å². The van der Waals surface area contributed by atoms with Crippen molar-refractivity contribution in [3.05, 3.63) is 58.9 Å². The second-order valence-corrected chi connectivity index (χ2v) is 9.61. The SMILES string of the molecule is CNCc1nc(N(C)C(C)C)cc2c1CN(c1cccc(-c3cnc(N4CCC4=O)cc3C)n1)C2=O. The van der Waals surface area contributed by atoms with Gasteiger partial charge in [-0.15, -0.1) is 0 Å². The van der Waals surface area contributed by atoms with Crippen molar-refractivity contribution in [2.75, 3.05) is 35.3 Å². The van der Waals surface area contributed by atoms with Crippen molar-refractivity contribution < 1.29 is 9.59 Å². The summed E-state index contributed by atoms with van der Waals surface area (Å²) in [5.41, 5.74) is 5.06. The van der Waals surface area contributed by atoms with Crippen molar-refractivity contribution in [2.24, 2.45) is 0 Å². The van der Waals surface area contributed by atoms with E-state index in [1.165, 1.54) is 0 Å². The normalized spacial score (nSPS) is 14.9. The summed E-state index contributed by atoms with van der Waals surface area (Å²) in [5.74, 6) is 2.06. The van der Waals surface area contributed by atoms with Crippen LogP contribution in [0.5, 0.6) is 0 Å². The lowest BCUT2D eigenvalue weighted by Gasteiger charge is -2.29. The van der Waals surface area contributed by atoms with Gasteiger partial charge in [0.2, 0.25) is 5.91 Å². The summed E-state index contributed by atoms with van der Waals surface area (Å²) in [5, 5.41) is 3.18. The summed E-state index contributed by atoms with van der Waals surface area (Å²) < 4.78 is 0. The van der Waals surface area contributed by atoms with E-state index in [4.69, 9.17) is 9.97 Å². The Morgan fingerprint density at radius 2 is 1.89 bits per heavy atom. The molecule has 3 aromatic heterocycles. The van der Waals surface area contributed by atoms with Gasteiger partial charge in [0, 0.05) is 49.9 Å². The third kappa shape index (κ3) is 4.09. The molecule has 1 saturated heterocycles. The highest BCUT2D eigenvalue weighted by Crippen LogP contribution is 2.33. The van der Waals surface area contributed by atoms with E-state index in [1.54, 1.807) is 16.0 Å². The average Bonchev–Trinajstić information content (AvgIpc) is 3.19. The maximum Gasteiger partial charge on any atom is 0.260 e. The maximum absolute atomic E-state index is 13.6. The Morgan fingerprint density at radius 3 is 2.53 bits per heavy atom. The van der Waals surface area contributed by atoms with Crippen LogP contribution in [-0.2, 0) is 17.9 Å². The number of rotatable bonds is 7. The molecule has 2 aliphatic heterocycles. The molecule has 0 atom stereocenters. The monoisotopic (exact) mass is 485 g/mol. The van der Waals surface area contributed by atoms with E-state index in [9.17, 15) is 9.59 Å². The first-order chi connectivity index (χ1) is 17.3. The molecule has 0 aromatic carbocycles. The highest BCUT2D eigenvalue weighted by atomic mass is 16.2. The predicted octanol–water partition coefficient (Wildman–Crippen LogP) is 3.31. The lowest BCUT2D eigenvalue weighted by molar-refractivity contribution is -0.122. The van der Waals surface area contributed by atoms with Crippen LogP contribution < -0.4 is 20.0 Å². The molecule has 186 valence electrons. The van der Waals surface area contributed by atoms with E-state index in [-0.39, 0.29) is 17.9 Å². The molecular formula is C27H31N7O2. The van der Waals surface area contributed by atoms with Crippen molar-refractivity contribution in [1.29, 1.82) is 0 Å². The van der Waals surface area contributed by atoms with Gasteiger partial charge in [0.05, 0.1) is 23.5 Å². The Labute approximate surface area is 211 Å². The molecule has 5 rings (SSSR count). The first kappa shape index (κ1) is 23.9. The molecular weight excluding hydrogens is 454 g/mol. The number of aryl methyl sites for hydroxylation is 1. The zero-order valence-electron chi connectivity index (χ0n) is 21.4. The largest absolute Gasteiger partial charge is 0.357 e. The second kappa shape index (κ2) is 9.31. The first-order valence-electron chi connectivity index (χ1n) is 12.2. The summed E-state index contributed by atoms with van der Waals surface area (Å²) in [6.45, 7) is 7.89. The number of nitrogens with one attached hydrogen (secondary N) is 1. The van der Waals surface area contributed by atoms with Gasteiger partial charge in [0.15, 0.2) is 0 Å². The highest BCUT2D eigenvalue weighted by molar-refractivity contribution is 6.10. The quantitative estimate of drug-likeness (QED) is 0.513. The lowest BCUT2D eigenvalue weighted by atomic mass is 10.1. The molecule has 0 spiro atoms. The van der Waals surface area contributed by atoms with Gasteiger partial charge >= 0.3 is 0 Å². The fraction of sp³-hybridized carbons (Fsp3) is 0.370. The van der Waals surface area contributed by atoms with Gasteiger partial charge in [0.25, 0.3) is 5.91 Å². The van der Waals surface area contributed by atoms with Crippen LogP contribution in [-0.4, -0.2) is 53.4 Å². The number of carbonyl (C=O) groups is 2. The molecule has 5 heterocycles. The van der Waals surface area contributed by atoms with Gasteiger partial charge in [-0.2, -0.15) is 0 Å². The fourth-order valence-corrected chi connectivity index (χ4v) is 4.53. The third-order valence-electron chi connectivity index (χ3n) is 6.98. The summed E-state index contributed by atoms with van der Waals surface area (Å²) in [6.07, 6.45) is 2.32. The number of anilines is 3. The van der Waals surface area contributed by atoms with Crippen LogP contribution in [0.2, 0.25) is 0 Å². The smallest absolute Gasteiger partial charge is 0.260 e. The first-order valence-corrected chi connectivity index (χ1v) is 12.2. The minimum atomic E-state index is -0.0747. The Balaban J connectivity index is 1.47. The number of hydrogen-bond donors (Lipinski definition) is 1. The maximum atomic E-state index is 13.6. The summed E-state index contributed by atoms with van der Waals surface area (Å²) in [7, 11) is 3.87. The molecule has 0 saturated carbocycles. The Morgan fingerprint density at radius 1 is 1.08 bits per heavy atom. The van der Waals surface area contributed by atoms with E-state index in [0.717, 1.165) is 33.9 Å². The molecule has 1 N–H and O–H groups in total. The minimum Gasteiger partial charge on any atom is -0.357 e. The zero-order valence-corrected chi connectivity index (χ0v) is 21.4. The fourth-order valence-electron chi connectivity index (χ4n) is 4.53. The Bertz CT molecular complexity index is 1350. The van der Waals surface area contributed by atoms with E-state index in [1.807, 2.05) is 51.4 Å². The van der Waals surface area contributed by atoms with Crippen molar-refractivity contribution in [3.63, 3.8) is 0 Å². The summed E-state index contributed by atoms with van der Waals surface area (Å²) >= 11 is 0. The van der Waals surface area contributed by atoms with Crippen LogP contribution in [0.3, 0.4) is 0 Å². The van der Waals surface area contributed by atoms with Crippen molar-refractivity contribution in [2.45, 2.75) is 46.3 Å². The zero-order chi connectivity index (χ0) is 25.6. The number of fused-ring (bicyclic) bond motifs is 1. The minimum absolute atomic E-state index is 0.0747. The van der Waals surface area contributed by atoms with Gasteiger partial charge in [-0.25, -0.2) is 15.0 Å². The topological polar surface area (TPSA) is 94.6 Å². The van der Waals surface area contributed by atoms with Crippen LogP contribution in [0.25, 0.3) is 11.3 Å². The van der Waals surface area contributed by atoms with Crippen LogP contribution in [0.15, 0.2) is 36.5 Å². The average molecular weight is 486 g/mol. The van der Waals surface area contributed by atoms with Gasteiger partial charge in [0.1, 0.15) is 17.5 Å². The van der Waals surface area contributed by atoms with E-state index in [2.05, 4.69) is 29.0 Å². The number of carbonyl (C=O) groups excluding carboxylic acids is 2. The molecule has 9 nitrogen and oxygen atoms in total. The molecule has 0 unspecified atom stereocenters. The van der Waals surface area contributed by atoms with Crippen LogP contribution >= 0.6 is 0 Å². The molecule has 0 bridgehead atoms. The number of aromatic nitrogens is 3. The molecule has 3 aromatic rings. The van der Waals surface area contributed by atoms with Crippen LogP contribution in [0, 0.1) is 6.92 Å². The Hall–Kier alpha value is -3.85. The lowest BCUT2D eigenvalue weighted by Crippen LogP contribution is -2.43. The molecule has 36 heavy (non-hydrogen) atoms. The van der Waals surface area contributed by atoms with E-state index in [0.29, 0.717) is 43.3 Å². The van der Waals surface area contributed by atoms with Gasteiger partial charge < -0.3 is 10.2 Å². The molecule has 2 amide bonds. The molecule has 2 aliphatic rings. The standard InChI is InChI=1S/C27H31N7O2/c1-16(2)32(5)25-12-18-20(22(31-25)14-28-4)15-34(27(18)36)23-8-6-7-21(30-23)19-13-29-24(11-17(19)3)33-10-9-26(33)35/h6-8,11-13,16,28H,9-10,14-15H2,1-5H3. The Kier molecular flexibility index (Phi) is 6.17. The van der Waals surface area contributed by atoms with Crippen molar-refractivity contribution >= 4 is 29.3 Å². The molecule has 9 heteroatoms.